The van der Waals surface area contributed by atoms with Crippen LogP contribution in [0.3, 0.4) is 0 Å². The predicted molar refractivity (Wildman–Crippen MR) is 81.2 cm³/mol. The van der Waals surface area contributed by atoms with Crippen molar-refractivity contribution in [3.8, 4) is 0 Å². The molecule has 0 radical (unpaired) electrons. The summed E-state index contributed by atoms with van der Waals surface area (Å²) in [5.74, 6) is 0.0694. The van der Waals surface area contributed by atoms with Gasteiger partial charge in [0.2, 0.25) is 0 Å². The fourth-order valence-electron chi connectivity index (χ4n) is 2.48. The van der Waals surface area contributed by atoms with Crippen molar-refractivity contribution in [3.05, 3.63) is 28.5 Å². The van der Waals surface area contributed by atoms with Crippen LogP contribution in [0.2, 0.25) is 5.15 Å². The van der Waals surface area contributed by atoms with Crippen molar-refractivity contribution in [2.24, 2.45) is 0 Å². The molecular formula is C15H22ClN3O. The van der Waals surface area contributed by atoms with Crippen LogP contribution >= 0.6 is 11.6 Å². The van der Waals surface area contributed by atoms with Crippen LogP contribution in [0.1, 0.15) is 41.7 Å². The van der Waals surface area contributed by atoms with E-state index in [0.717, 1.165) is 31.6 Å². The first-order valence-corrected chi connectivity index (χ1v) is 7.69. The highest BCUT2D eigenvalue weighted by Crippen LogP contribution is 2.16. The summed E-state index contributed by atoms with van der Waals surface area (Å²) in [5.41, 5.74) is 1.43. The van der Waals surface area contributed by atoms with Gasteiger partial charge in [-0.3, -0.25) is 4.79 Å². The number of rotatable bonds is 1. The molecule has 3 rings (SSSR count). The Kier molecular flexibility index (Phi) is 5.80. The van der Waals surface area contributed by atoms with Crippen molar-refractivity contribution in [2.45, 2.75) is 32.6 Å². The topological polar surface area (TPSA) is 45.2 Å². The van der Waals surface area contributed by atoms with E-state index in [0.29, 0.717) is 10.7 Å². The Morgan fingerprint density at radius 3 is 2.35 bits per heavy atom. The summed E-state index contributed by atoms with van der Waals surface area (Å²) in [5, 5.41) is 3.61. The molecule has 3 heterocycles. The number of hydrogen-bond donors (Lipinski definition) is 1. The zero-order valence-corrected chi connectivity index (χ0v) is 12.7. The van der Waals surface area contributed by atoms with Gasteiger partial charge in [-0.1, -0.05) is 11.6 Å². The van der Waals surface area contributed by atoms with Gasteiger partial charge in [0.15, 0.2) is 0 Å². The molecule has 5 heteroatoms. The standard InChI is InChI=1S/C11H13ClN2O.C4H9N/c1-8-6-9(7-10(12)13-8)11(15)14-4-2-3-5-14;1-2-4-5-3-1/h6-7H,2-5H2,1H3;5H,1-4H2. The second kappa shape index (κ2) is 7.60. The maximum atomic E-state index is 12.0. The molecule has 2 fully saturated rings. The minimum absolute atomic E-state index is 0.0694. The third-order valence-electron chi connectivity index (χ3n) is 3.52. The van der Waals surface area contributed by atoms with E-state index < -0.39 is 0 Å². The molecule has 1 aromatic heterocycles. The minimum Gasteiger partial charge on any atom is -0.339 e. The van der Waals surface area contributed by atoms with Crippen molar-refractivity contribution in [1.82, 2.24) is 15.2 Å². The van der Waals surface area contributed by atoms with Gasteiger partial charge in [0.25, 0.3) is 5.91 Å². The lowest BCUT2D eigenvalue weighted by atomic mass is 10.2. The maximum absolute atomic E-state index is 12.0. The van der Waals surface area contributed by atoms with Crippen LogP contribution in [-0.4, -0.2) is 42.0 Å². The summed E-state index contributed by atoms with van der Waals surface area (Å²) < 4.78 is 0. The van der Waals surface area contributed by atoms with Gasteiger partial charge in [0, 0.05) is 24.3 Å². The van der Waals surface area contributed by atoms with Crippen molar-refractivity contribution < 1.29 is 4.79 Å². The lowest BCUT2D eigenvalue weighted by Crippen LogP contribution is -2.27. The van der Waals surface area contributed by atoms with Crippen molar-refractivity contribution in [3.63, 3.8) is 0 Å². The van der Waals surface area contributed by atoms with Gasteiger partial charge in [0.1, 0.15) is 5.15 Å². The molecule has 110 valence electrons. The molecule has 4 nitrogen and oxygen atoms in total. The number of carbonyl (C=O) groups is 1. The summed E-state index contributed by atoms with van der Waals surface area (Å²) in [6, 6.07) is 3.42. The molecule has 2 aliphatic rings. The van der Waals surface area contributed by atoms with Crippen LogP contribution in [0.25, 0.3) is 0 Å². The van der Waals surface area contributed by atoms with Crippen LogP contribution in [0.5, 0.6) is 0 Å². The molecule has 0 aromatic carbocycles. The highest BCUT2D eigenvalue weighted by atomic mass is 35.5. The molecule has 1 N–H and O–H groups in total. The number of nitrogens with one attached hydrogen (secondary N) is 1. The fourth-order valence-corrected chi connectivity index (χ4v) is 2.73. The quantitative estimate of drug-likeness (QED) is 0.810. The van der Waals surface area contributed by atoms with Gasteiger partial charge >= 0.3 is 0 Å². The first-order chi connectivity index (χ1) is 9.66. The van der Waals surface area contributed by atoms with Crippen LogP contribution < -0.4 is 5.32 Å². The highest BCUT2D eigenvalue weighted by molar-refractivity contribution is 6.29. The van der Waals surface area contributed by atoms with Gasteiger partial charge in [-0.2, -0.15) is 0 Å². The second-order valence-electron chi connectivity index (χ2n) is 5.28. The van der Waals surface area contributed by atoms with Crippen LogP contribution in [0, 0.1) is 6.92 Å². The molecule has 1 amide bonds. The number of hydrogen-bond acceptors (Lipinski definition) is 3. The Morgan fingerprint density at radius 1 is 1.20 bits per heavy atom. The Bertz CT molecular complexity index is 427. The van der Waals surface area contributed by atoms with Gasteiger partial charge in [-0.05, 0) is 57.8 Å². The number of halogens is 1. The maximum Gasteiger partial charge on any atom is 0.254 e. The van der Waals surface area contributed by atoms with Gasteiger partial charge < -0.3 is 10.2 Å². The zero-order chi connectivity index (χ0) is 14.4. The van der Waals surface area contributed by atoms with E-state index in [-0.39, 0.29) is 5.91 Å². The smallest absolute Gasteiger partial charge is 0.254 e. The summed E-state index contributed by atoms with van der Waals surface area (Å²) in [7, 11) is 0. The van der Waals surface area contributed by atoms with Crippen LogP contribution in [0.15, 0.2) is 12.1 Å². The summed E-state index contributed by atoms with van der Waals surface area (Å²) in [6.07, 6.45) is 4.98. The third kappa shape index (κ3) is 4.46. The van der Waals surface area contributed by atoms with Gasteiger partial charge in [0.05, 0.1) is 0 Å². The summed E-state index contributed by atoms with van der Waals surface area (Å²) in [4.78, 5) is 17.9. The first kappa shape index (κ1) is 15.3. The first-order valence-electron chi connectivity index (χ1n) is 7.31. The molecular weight excluding hydrogens is 274 g/mol. The van der Waals surface area contributed by atoms with Gasteiger partial charge in [-0.25, -0.2) is 4.98 Å². The Morgan fingerprint density at radius 2 is 1.85 bits per heavy atom. The SMILES string of the molecule is C1CCNC1.Cc1cc(C(=O)N2CCCC2)cc(Cl)n1. The van der Waals surface area contributed by atoms with E-state index in [1.807, 2.05) is 11.8 Å². The molecule has 1 aromatic rings. The van der Waals surface area contributed by atoms with E-state index in [9.17, 15) is 4.79 Å². The number of carbonyl (C=O) groups excluding carboxylic acids is 1. The Hall–Kier alpha value is -1.13. The Labute approximate surface area is 125 Å². The summed E-state index contributed by atoms with van der Waals surface area (Å²) >= 11 is 5.82. The highest BCUT2D eigenvalue weighted by Gasteiger charge is 2.19. The number of nitrogens with zero attached hydrogens (tertiary/aromatic N) is 2. The second-order valence-corrected chi connectivity index (χ2v) is 5.66. The van der Waals surface area contributed by atoms with Crippen molar-refractivity contribution in [1.29, 1.82) is 0 Å². The lowest BCUT2D eigenvalue weighted by molar-refractivity contribution is 0.0792. The number of pyridine rings is 1. The number of amides is 1. The zero-order valence-electron chi connectivity index (χ0n) is 12.0. The van der Waals surface area contributed by atoms with E-state index in [1.165, 1.54) is 25.9 Å². The van der Waals surface area contributed by atoms with Crippen LogP contribution in [-0.2, 0) is 0 Å². The van der Waals surface area contributed by atoms with E-state index >= 15 is 0 Å². The third-order valence-corrected chi connectivity index (χ3v) is 3.71. The van der Waals surface area contributed by atoms with Gasteiger partial charge in [-0.15, -0.1) is 0 Å². The molecule has 2 saturated heterocycles. The normalized spacial score (nSPS) is 17.8. The number of aryl methyl sites for hydroxylation is 1. The predicted octanol–water partition coefficient (Wildman–Crippen LogP) is 2.65. The molecule has 0 saturated carbocycles. The number of aromatic nitrogens is 1. The molecule has 0 atom stereocenters. The largest absolute Gasteiger partial charge is 0.339 e. The van der Waals surface area contributed by atoms with E-state index in [1.54, 1.807) is 12.1 Å². The minimum atomic E-state index is 0.0694. The average molecular weight is 296 g/mol. The lowest BCUT2D eigenvalue weighted by Gasteiger charge is -2.15. The molecule has 0 spiro atoms. The Balaban J connectivity index is 0.000000247. The average Bonchev–Trinajstić information content (AvgIpc) is 3.12. The molecule has 2 aliphatic heterocycles. The van der Waals surface area contributed by atoms with E-state index in [2.05, 4.69) is 10.3 Å². The number of likely N-dealkylation sites (tertiary alicyclic amines) is 1. The fraction of sp³-hybridized carbons (Fsp3) is 0.600. The van der Waals surface area contributed by atoms with E-state index in [4.69, 9.17) is 11.6 Å². The monoisotopic (exact) mass is 295 g/mol. The molecule has 0 unspecified atom stereocenters. The molecule has 0 aliphatic carbocycles. The molecule has 20 heavy (non-hydrogen) atoms. The van der Waals surface area contributed by atoms with Crippen molar-refractivity contribution >= 4 is 17.5 Å². The summed E-state index contributed by atoms with van der Waals surface area (Å²) in [6.45, 7) is 6.06. The molecule has 0 bridgehead atoms. The van der Waals surface area contributed by atoms with Crippen molar-refractivity contribution in [2.75, 3.05) is 26.2 Å². The van der Waals surface area contributed by atoms with Crippen LogP contribution in [0.4, 0.5) is 0 Å².